The number of amidine groups is 1. The lowest BCUT2D eigenvalue weighted by atomic mass is 10.0. The standard InChI is InChI=1S/C7H14N2O2/c1-11-5-7(2-3-7)4-6(8)9-10/h10H,2-5H2,1H3,(H2,8,9). The van der Waals surface area contributed by atoms with E-state index in [0.29, 0.717) is 18.9 Å². The molecule has 0 heterocycles. The van der Waals surface area contributed by atoms with Gasteiger partial charge in [-0.2, -0.15) is 0 Å². The Morgan fingerprint density at radius 1 is 1.73 bits per heavy atom. The van der Waals surface area contributed by atoms with Crippen LogP contribution < -0.4 is 5.73 Å². The summed E-state index contributed by atoms with van der Waals surface area (Å²) in [7, 11) is 1.67. The molecule has 1 aliphatic rings. The monoisotopic (exact) mass is 158 g/mol. The van der Waals surface area contributed by atoms with Gasteiger partial charge in [0.2, 0.25) is 0 Å². The minimum Gasteiger partial charge on any atom is -0.409 e. The van der Waals surface area contributed by atoms with Gasteiger partial charge in [0, 0.05) is 18.9 Å². The quantitative estimate of drug-likeness (QED) is 0.272. The Morgan fingerprint density at radius 3 is 2.73 bits per heavy atom. The molecule has 11 heavy (non-hydrogen) atoms. The molecule has 0 aromatic rings. The number of hydrogen-bond acceptors (Lipinski definition) is 3. The van der Waals surface area contributed by atoms with Crippen LogP contribution in [-0.4, -0.2) is 24.8 Å². The van der Waals surface area contributed by atoms with Crippen molar-refractivity contribution < 1.29 is 9.94 Å². The van der Waals surface area contributed by atoms with E-state index in [9.17, 15) is 0 Å². The Hall–Kier alpha value is -0.770. The van der Waals surface area contributed by atoms with E-state index in [-0.39, 0.29) is 5.41 Å². The summed E-state index contributed by atoms with van der Waals surface area (Å²) in [5, 5.41) is 11.3. The van der Waals surface area contributed by atoms with E-state index in [1.165, 1.54) is 0 Å². The summed E-state index contributed by atoms with van der Waals surface area (Å²) in [5.41, 5.74) is 5.56. The van der Waals surface area contributed by atoms with Crippen LogP contribution in [0.15, 0.2) is 5.16 Å². The van der Waals surface area contributed by atoms with Gasteiger partial charge in [-0.3, -0.25) is 0 Å². The van der Waals surface area contributed by atoms with Gasteiger partial charge in [0.25, 0.3) is 0 Å². The Balaban J connectivity index is 2.35. The van der Waals surface area contributed by atoms with Crippen molar-refractivity contribution in [3.8, 4) is 0 Å². The van der Waals surface area contributed by atoms with Crippen molar-refractivity contribution in [2.24, 2.45) is 16.3 Å². The lowest BCUT2D eigenvalue weighted by Crippen LogP contribution is -2.20. The number of nitrogens with two attached hydrogens (primary N) is 1. The molecule has 0 aromatic carbocycles. The molecule has 0 bridgehead atoms. The van der Waals surface area contributed by atoms with Crippen LogP contribution >= 0.6 is 0 Å². The van der Waals surface area contributed by atoms with Gasteiger partial charge in [0.1, 0.15) is 5.84 Å². The highest BCUT2D eigenvalue weighted by atomic mass is 16.5. The number of hydrogen-bond donors (Lipinski definition) is 2. The lowest BCUT2D eigenvalue weighted by Gasteiger charge is -2.11. The first-order valence-corrected chi connectivity index (χ1v) is 3.68. The van der Waals surface area contributed by atoms with E-state index in [1.54, 1.807) is 7.11 Å². The van der Waals surface area contributed by atoms with E-state index in [2.05, 4.69) is 5.16 Å². The van der Waals surface area contributed by atoms with Gasteiger partial charge in [0.05, 0.1) is 6.61 Å². The second kappa shape index (κ2) is 3.09. The minimum absolute atomic E-state index is 0.186. The van der Waals surface area contributed by atoms with Gasteiger partial charge in [-0.05, 0) is 12.8 Å². The van der Waals surface area contributed by atoms with Crippen LogP contribution in [-0.2, 0) is 4.74 Å². The molecular weight excluding hydrogens is 144 g/mol. The van der Waals surface area contributed by atoms with E-state index in [0.717, 1.165) is 12.8 Å². The molecule has 1 fully saturated rings. The largest absolute Gasteiger partial charge is 0.409 e. The molecule has 4 nitrogen and oxygen atoms in total. The smallest absolute Gasteiger partial charge is 0.139 e. The van der Waals surface area contributed by atoms with Gasteiger partial charge in [-0.25, -0.2) is 0 Å². The van der Waals surface area contributed by atoms with Crippen LogP contribution in [0.1, 0.15) is 19.3 Å². The van der Waals surface area contributed by atoms with E-state index in [1.807, 2.05) is 0 Å². The molecule has 0 amide bonds. The molecule has 3 N–H and O–H groups in total. The molecule has 4 heteroatoms. The molecule has 0 atom stereocenters. The molecule has 64 valence electrons. The highest BCUT2D eigenvalue weighted by Gasteiger charge is 2.43. The van der Waals surface area contributed by atoms with Crippen molar-refractivity contribution in [2.45, 2.75) is 19.3 Å². The molecule has 0 unspecified atom stereocenters. The normalized spacial score (nSPS) is 21.7. The van der Waals surface area contributed by atoms with Crippen LogP contribution in [0.3, 0.4) is 0 Å². The molecule has 1 rings (SSSR count). The van der Waals surface area contributed by atoms with Crippen LogP contribution in [0.2, 0.25) is 0 Å². The van der Waals surface area contributed by atoms with Crippen molar-refractivity contribution >= 4 is 5.84 Å². The molecule has 1 saturated carbocycles. The Bertz CT molecular complexity index is 164. The van der Waals surface area contributed by atoms with Crippen LogP contribution in [0.4, 0.5) is 0 Å². The molecule has 0 radical (unpaired) electrons. The van der Waals surface area contributed by atoms with Crippen LogP contribution in [0, 0.1) is 5.41 Å². The SMILES string of the molecule is COCC1(CC(N)=NO)CC1. The van der Waals surface area contributed by atoms with Crippen molar-refractivity contribution in [1.29, 1.82) is 0 Å². The highest BCUT2D eigenvalue weighted by molar-refractivity contribution is 5.80. The summed E-state index contributed by atoms with van der Waals surface area (Å²) in [6.45, 7) is 0.712. The Labute approximate surface area is 66.0 Å². The second-order valence-electron chi connectivity index (χ2n) is 3.20. The molecule has 0 aliphatic heterocycles. The zero-order chi connectivity index (χ0) is 8.32. The third kappa shape index (κ3) is 2.08. The number of methoxy groups -OCH3 is 1. The summed E-state index contributed by atoms with van der Waals surface area (Å²) < 4.78 is 5.02. The molecule has 0 spiro atoms. The van der Waals surface area contributed by atoms with Gasteiger partial charge in [-0.15, -0.1) is 0 Å². The predicted molar refractivity (Wildman–Crippen MR) is 41.6 cm³/mol. The summed E-state index contributed by atoms with van der Waals surface area (Å²) in [5.74, 6) is 0.305. The van der Waals surface area contributed by atoms with Gasteiger partial charge in [-0.1, -0.05) is 5.16 Å². The summed E-state index contributed by atoms with van der Waals surface area (Å²) in [6.07, 6.45) is 2.89. The summed E-state index contributed by atoms with van der Waals surface area (Å²) >= 11 is 0. The zero-order valence-electron chi connectivity index (χ0n) is 6.71. The highest BCUT2D eigenvalue weighted by Crippen LogP contribution is 2.48. The molecule has 0 saturated heterocycles. The third-order valence-corrected chi connectivity index (χ3v) is 2.09. The maximum absolute atomic E-state index is 8.32. The number of oxime groups is 1. The van der Waals surface area contributed by atoms with Crippen molar-refractivity contribution in [3.63, 3.8) is 0 Å². The first-order valence-electron chi connectivity index (χ1n) is 3.68. The van der Waals surface area contributed by atoms with Crippen molar-refractivity contribution in [1.82, 2.24) is 0 Å². The minimum atomic E-state index is 0.186. The van der Waals surface area contributed by atoms with Gasteiger partial charge >= 0.3 is 0 Å². The first kappa shape index (κ1) is 8.33. The average Bonchev–Trinajstić information content (AvgIpc) is 2.70. The summed E-state index contributed by atoms with van der Waals surface area (Å²) in [6, 6.07) is 0. The predicted octanol–water partition coefficient (Wildman–Crippen LogP) is 0.550. The van der Waals surface area contributed by atoms with Gasteiger partial charge in [0.15, 0.2) is 0 Å². The fourth-order valence-corrected chi connectivity index (χ4v) is 1.27. The molecular formula is C7H14N2O2. The van der Waals surface area contributed by atoms with Crippen molar-refractivity contribution in [2.75, 3.05) is 13.7 Å². The number of rotatable bonds is 4. The number of nitrogens with zero attached hydrogens (tertiary/aromatic N) is 1. The Morgan fingerprint density at radius 2 is 2.36 bits per heavy atom. The van der Waals surface area contributed by atoms with E-state index >= 15 is 0 Å². The fourth-order valence-electron chi connectivity index (χ4n) is 1.27. The molecule has 1 aliphatic carbocycles. The topological polar surface area (TPSA) is 67.8 Å². The van der Waals surface area contributed by atoms with E-state index < -0.39 is 0 Å². The van der Waals surface area contributed by atoms with Gasteiger partial charge < -0.3 is 15.7 Å². The Kier molecular flexibility index (Phi) is 2.34. The third-order valence-electron chi connectivity index (χ3n) is 2.09. The summed E-state index contributed by atoms with van der Waals surface area (Å²) in [4.78, 5) is 0. The maximum Gasteiger partial charge on any atom is 0.139 e. The zero-order valence-corrected chi connectivity index (χ0v) is 6.71. The maximum atomic E-state index is 8.32. The van der Waals surface area contributed by atoms with Crippen LogP contribution in [0.5, 0.6) is 0 Å². The van der Waals surface area contributed by atoms with Crippen LogP contribution in [0.25, 0.3) is 0 Å². The fraction of sp³-hybridized carbons (Fsp3) is 0.857. The number of ether oxygens (including phenoxy) is 1. The molecule has 0 aromatic heterocycles. The van der Waals surface area contributed by atoms with Crippen molar-refractivity contribution in [3.05, 3.63) is 0 Å². The van der Waals surface area contributed by atoms with E-state index in [4.69, 9.17) is 15.7 Å². The average molecular weight is 158 g/mol. The second-order valence-corrected chi connectivity index (χ2v) is 3.20. The first-order chi connectivity index (χ1) is 5.22. The lowest BCUT2D eigenvalue weighted by molar-refractivity contribution is 0.143.